The summed E-state index contributed by atoms with van der Waals surface area (Å²) in [6.07, 6.45) is 0. The van der Waals surface area contributed by atoms with Gasteiger partial charge in [-0.3, -0.25) is 0 Å². The molecule has 19 heavy (non-hydrogen) atoms. The number of alkyl halides is 1. The van der Waals surface area contributed by atoms with Gasteiger partial charge >= 0.3 is 0 Å². The Morgan fingerprint density at radius 3 is 2.21 bits per heavy atom. The van der Waals surface area contributed by atoms with Gasteiger partial charge in [0.15, 0.2) is 0 Å². The van der Waals surface area contributed by atoms with Crippen LogP contribution in [0.3, 0.4) is 0 Å². The SMILES string of the molecule is Cc1cc(F)cc(C)c1C(Cl)c1ccc(Cl)c(Br)c1. The molecule has 0 bridgehead atoms. The molecule has 2 aromatic carbocycles. The summed E-state index contributed by atoms with van der Waals surface area (Å²) < 4.78 is 14.1. The van der Waals surface area contributed by atoms with E-state index in [1.165, 1.54) is 12.1 Å². The van der Waals surface area contributed by atoms with Crippen molar-refractivity contribution in [2.75, 3.05) is 0 Å². The Bertz CT molecular complexity index is 603. The average molecular weight is 362 g/mol. The number of benzene rings is 2. The molecule has 0 aromatic heterocycles. The van der Waals surface area contributed by atoms with Crippen LogP contribution >= 0.6 is 39.1 Å². The largest absolute Gasteiger partial charge is 0.207 e. The maximum Gasteiger partial charge on any atom is 0.123 e. The van der Waals surface area contributed by atoms with Gasteiger partial charge in [-0.25, -0.2) is 4.39 Å². The van der Waals surface area contributed by atoms with Crippen LogP contribution in [0.5, 0.6) is 0 Å². The van der Waals surface area contributed by atoms with E-state index in [2.05, 4.69) is 15.9 Å². The number of aryl methyl sites for hydroxylation is 2. The van der Waals surface area contributed by atoms with E-state index >= 15 is 0 Å². The van der Waals surface area contributed by atoms with Gasteiger partial charge < -0.3 is 0 Å². The lowest BCUT2D eigenvalue weighted by atomic mass is 9.95. The summed E-state index contributed by atoms with van der Waals surface area (Å²) in [7, 11) is 0. The van der Waals surface area contributed by atoms with E-state index < -0.39 is 0 Å². The van der Waals surface area contributed by atoms with Crippen LogP contribution in [0, 0.1) is 19.7 Å². The monoisotopic (exact) mass is 360 g/mol. The fourth-order valence-electron chi connectivity index (χ4n) is 2.16. The lowest BCUT2D eigenvalue weighted by Gasteiger charge is -2.17. The molecule has 0 fully saturated rings. The minimum atomic E-state index is -0.325. The van der Waals surface area contributed by atoms with Crippen LogP contribution in [0.15, 0.2) is 34.8 Å². The predicted molar refractivity (Wildman–Crippen MR) is 82.7 cm³/mol. The van der Waals surface area contributed by atoms with Gasteiger partial charge in [-0.2, -0.15) is 0 Å². The van der Waals surface area contributed by atoms with E-state index in [9.17, 15) is 4.39 Å². The lowest BCUT2D eigenvalue weighted by Crippen LogP contribution is -2.01. The summed E-state index contributed by atoms with van der Waals surface area (Å²) in [5, 5.41) is 0.314. The van der Waals surface area contributed by atoms with Crippen molar-refractivity contribution in [1.29, 1.82) is 0 Å². The molecular formula is C15H12BrCl2F. The number of halogens is 4. The zero-order valence-corrected chi connectivity index (χ0v) is 13.6. The summed E-state index contributed by atoms with van der Waals surface area (Å²) in [5.41, 5.74) is 3.57. The molecule has 0 N–H and O–H groups in total. The van der Waals surface area contributed by atoms with E-state index in [0.29, 0.717) is 5.02 Å². The normalized spacial score (nSPS) is 12.5. The van der Waals surface area contributed by atoms with E-state index in [1.54, 1.807) is 6.07 Å². The molecule has 0 aliphatic carbocycles. The maximum atomic E-state index is 13.3. The third-order valence-corrected chi connectivity index (χ3v) is 4.73. The van der Waals surface area contributed by atoms with E-state index in [1.807, 2.05) is 26.0 Å². The van der Waals surface area contributed by atoms with Gasteiger partial charge in [-0.1, -0.05) is 17.7 Å². The van der Waals surface area contributed by atoms with E-state index in [0.717, 1.165) is 26.7 Å². The van der Waals surface area contributed by atoms with Crippen molar-refractivity contribution in [2.24, 2.45) is 0 Å². The zero-order chi connectivity index (χ0) is 14.2. The Balaban J connectivity index is 2.49. The fourth-order valence-corrected chi connectivity index (χ4v) is 3.15. The number of hydrogen-bond acceptors (Lipinski definition) is 0. The van der Waals surface area contributed by atoms with Crippen molar-refractivity contribution >= 4 is 39.1 Å². The summed E-state index contributed by atoms with van der Waals surface area (Å²) in [6, 6.07) is 8.57. The maximum absolute atomic E-state index is 13.3. The van der Waals surface area contributed by atoms with Gasteiger partial charge in [0.25, 0.3) is 0 Å². The zero-order valence-electron chi connectivity index (χ0n) is 10.5. The van der Waals surface area contributed by atoms with Crippen LogP contribution in [0.25, 0.3) is 0 Å². The Morgan fingerprint density at radius 1 is 1.11 bits per heavy atom. The first-order valence-electron chi connectivity index (χ1n) is 5.76. The van der Waals surface area contributed by atoms with Crippen molar-refractivity contribution in [2.45, 2.75) is 19.2 Å². The first-order valence-corrected chi connectivity index (χ1v) is 7.36. The lowest BCUT2D eigenvalue weighted by molar-refractivity contribution is 0.624. The molecule has 0 heterocycles. The van der Waals surface area contributed by atoms with Crippen LogP contribution in [0.1, 0.15) is 27.6 Å². The first kappa shape index (κ1) is 14.8. The van der Waals surface area contributed by atoms with Gasteiger partial charge in [-0.05, 0) is 76.3 Å². The van der Waals surface area contributed by atoms with Gasteiger partial charge in [0.05, 0.1) is 10.4 Å². The van der Waals surface area contributed by atoms with Crippen molar-refractivity contribution in [1.82, 2.24) is 0 Å². The topological polar surface area (TPSA) is 0 Å². The Kier molecular flexibility index (Phi) is 4.54. The molecule has 1 atom stereocenters. The van der Waals surface area contributed by atoms with Crippen molar-refractivity contribution in [3.05, 3.63) is 67.9 Å². The molecule has 0 aliphatic rings. The second-order valence-corrected chi connectivity index (χ2v) is 6.19. The molecule has 0 aliphatic heterocycles. The molecule has 2 aromatic rings. The quantitative estimate of drug-likeness (QED) is 0.559. The molecule has 4 heteroatoms. The second kappa shape index (κ2) is 5.82. The first-order chi connectivity index (χ1) is 8.90. The summed E-state index contributed by atoms with van der Waals surface area (Å²) in [5.74, 6) is -0.236. The van der Waals surface area contributed by atoms with Crippen molar-refractivity contribution < 1.29 is 4.39 Å². The molecule has 0 nitrogen and oxygen atoms in total. The molecule has 0 saturated heterocycles. The number of hydrogen-bond donors (Lipinski definition) is 0. The van der Waals surface area contributed by atoms with E-state index in [-0.39, 0.29) is 11.2 Å². The highest BCUT2D eigenvalue weighted by molar-refractivity contribution is 9.10. The standard InChI is InChI=1S/C15H12BrCl2F/c1-8-5-11(19)6-9(2)14(8)15(18)10-3-4-13(17)12(16)7-10/h3-7,15H,1-2H3. The van der Waals surface area contributed by atoms with Gasteiger partial charge in [0, 0.05) is 4.47 Å². The molecule has 0 spiro atoms. The highest BCUT2D eigenvalue weighted by atomic mass is 79.9. The molecule has 0 amide bonds. The van der Waals surface area contributed by atoms with Gasteiger partial charge in [0.2, 0.25) is 0 Å². The number of rotatable bonds is 2. The molecular weight excluding hydrogens is 350 g/mol. The van der Waals surface area contributed by atoms with Gasteiger partial charge in [0.1, 0.15) is 5.82 Å². The average Bonchev–Trinajstić information content (AvgIpc) is 2.31. The smallest absolute Gasteiger partial charge is 0.123 e. The molecule has 2 rings (SSSR count). The van der Waals surface area contributed by atoms with Crippen LogP contribution in [-0.2, 0) is 0 Å². The molecule has 0 radical (unpaired) electrons. The van der Waals surface area contributed by atoms with Crippen molar-refractivity contribution in [3.8, 4) is 0 Å². The highest BCUT2D eigenvalue weighted by Crippen LogP contribution is 2.36. The fraction of sp³-hybridized carbons (Fsp3) is 0.200. The second-order valence-electron chi connectivity index (χ2n) is 4.49. The van der Waals surface area contributed by atoms with Gasteiger partial charge in [-0.15, -0.1) is 11.6 Å². The molecule has 1 unspecified atom stereocenters. The Labute approximate surface area is 130 Å². The van der Waals surface area contributed by atoms with E-state index in [4.69, 9.17) is 23.2 Å². The van der Waals surface area contributed by atoms with Crippen LogP contribution in [0.2, 0.25) is 5.02 Å². The van der Waals surface area contributed by atoms with Crippen molar-refractivity contribution in [3.63, 3.8) is 0 Å². The van der Waals surface area contributed by atoms with Crippen LogP contribution in [-0.4, -0.2) is 0 Å². The summed E-state index contributed by atoms with van der Waals surface area (Å²) in [4.78, 5) is 0. The Morgan fingerprint density at radius 2 is 1.68 bits per heavy atom. The summed E-state index contributed by atoms with van der Waals surface area (Å²) >= 11 is 15.9. The van der Waals surface area contributed by atoms with Crippen LogP contribution < -0.4 is 0 Å². The predicted octanol–water partition coefficient (Wildman–Crippen LogP) is 6.19. The Hall–Kier alpha value is -0.570. The summed E-state index contributed by atoms with van der Waals surface area (Å²) in [6.45, 7) is 3.73. The third kappa shape index (κ3) is 3.13. The van der Waals surface area contributed by atoms with Crippen LogP contribution in [0.4, 0.5) is 4.39 Å². The minimum absolute atomic E-state index is 0.236. The molecule has 100 valence electrons. The third-order valence-electron chi connectivity index (χ3n) is 3.05. The highest BCUT2D eigenvalue weighted by Gasteiger charge is 2.17. The minimum Gasteiger partial charge on any atom is -0.207 e. The molecule has 0 saturated carbocycles.